The molecule has 5 heterocycles. The molecule has 0 bridgehead atoms. The van der Waals surface area contributed by atoms with Crippen LogP contribution in [0, 0.1) is 5.41 Å². The summed E-state index contributed by atoms with van der Waals surface area (Å²) in [5, 5.41) is 7.91. The Bertz CT molecular complexity index is 1040. The Morgan fingerprint density at radius 1 is 1.10 bits per heavy atom. The van der Waals surface area contributed by atoms with Crippen LogP contribution in [0.4, 0.5) is 5.82 Å². The maximum atomic E-state index is 6.08. The van der Waals surface area contributed by atoms with Gasteiger partial charge < -0.3 is 15.0 Å². The minimum Gasteiger partial charge on any atom is -0.472 e. The summed E-state index contributed by atoms with van der Waals surface area (Å²) in [6.45, 7) is 5.01. The number of piperidine rings is 1. The van der Waals surface area contributed by atoms with Crippen LogP contribution in [-0.4, -0.2) is 40.9 Å². The number of fused-ring (bicyclic) bond motifs is 3. The highest BCUT2D eigenvalue weighted by Crippen LogP contribution is 2.41. The van der Waals surface area contributed by atoms with Crippen molar-refractivity contribution < 1.29 is 4.74 Å². The molecular formula is C23H25N5O. The second-order valence-electron chi connectivity index (χ2n) is 8.55. The van der Waals surface area contributed by atoms with Crippen LogP contribution in [0.1, 0.15) is 24.8 Å². The smallest absolute Gasteiger partial charge is 0.223 e. The highest BCUT2D eigenvalue weighted by molar-refractivity contribution is 5.75. The summed E-state index contributed by atoms with van der Waals surface area (Å²) < 4.78 is 7.96. The first kappa shape index (κ1) is 17.0. The number of hydrogen-bond acceptors (Lipinski definition) is 5. The molecule has 1 unspecified atom stereocenters. The zero-order valence-corrected chi connectivity index (χ0v) is 16.5. The first-order chi connectivity index (χ1) is 14.3. The third-order valence-corrected chi connectivity index (χ3v) is 6.68. The van der Waals surface area contributed by atoms with Gasteiger partial charge in [0.15, 0.2) is 0 Å². The standard InChI is InChI=1S/C23H25N5O/c1-7-23(15-24-9-1)8-12-27(16-23)21-6-5-20-19-4-3-18(28-11-2-10-25-28)13-17(19)14-29-22(20)26-21/h2-6,10-11,13,24H,1,7-9,12,14-16H2. The minimum atomic E-state index is 0.423. The molecule has 0 saturated carbocycles. The molecule has 2 fully saturated rings. The van der Waals surface area contributed by atoms with Crippen molar-refractivity contribution in [2.24, 2.45) is 5.41 Å². The van der Waals surface area contributed by atoms with E-state index in [4.69, 9.17) is 9.72 Å². The maximum Gasteiger partial charge on any atom is 0.223 e. The van der Waals surface area contributed by atoms with Crippen LogP contribution >= 0.6 is 0 Å². The second kappa shape index (κ2) is 6.59. The summed E-state index contributed by atoms with van der Waals surface area (Å²) in [6, 6.07) is 12.7. The van der Waals surface area contributed by atoms with E-state index < -0.39 is 0 Å². The summed E-state index contributed by atoms with van der Waals surface area (Å²) >= 11 is 0. The van der Waals surface area contributed by atoms with E-state index >= 15 is 0 Å². The van der Waals surface area contributed by atoms with Crippen molar-refractivity contribution in [2.45, 2.75) is 25.9 Å². The lowest BCUT2D eigenvalue weighted by atomic mass is 9.80. The minimum absolute atomic E-state index is 0.423. The molecule has 2 aromatic heterocycles. The lowest BCUT2D eigenvalue weighted by molar-refractivity contribution is 0.239. The van der Waals surface area contributed by atoms with Gasteiger partial charge in [-0.05, 0) is 67.3 Å². The number of anilines is 1. The Labute approximate surface area is 170 Å². The van der Waals surface area contributed by atoms with Gasteiger partial charge in [0.05, 0.1) is 5.69 Å². The van der Waals surface area contributed by atoms with Gasteiger partial charge >= 0.3 is 0 Å². The molecule has 6 nitrogen and oxygen atoms in total. The molecule has 0 amide bonds. The number of pyridine rings is 1. The van der Waals surface area contributed by atoms with Gasteiger partial charge in [-0.25, -0.2) is 4.68 Å². The molecule has 0 radical (unpaired) electrons. The van der Waals surface area contributed by atoms with Crippen LogP contribution in [0.15, 0.2) is 48.8 Å². The van der Waals surface area contributed by atoms with Gasteiger partial charge in [-0.1, -0.05) is 6.07 Å². The molecule has 1 N–H and O–H groups in total. The van der Waals surface area contributed by atoms with E-state index in [0.717, 1.165) is 49.1 Å². The average molecular weight is 387 g/mol. The number of hydrogen-bond donors (Lipinski definition) is 1. The van der Waals surface area contributed by atoms with Gasteiger partial charge in [0.25, 0.3) is 0 Å². The highest BCUT2D eigenvalue weighted by atomic mass is 16.5. The number of nitrogens with zero attached hydrogens (tertiary/aromatic N) is 4. The molecule has 3 aromatic rings. The number of ether oxygens (including phenoxy) is 1. The molecule has 1 atom stereocenters. The molecule has 3 aliphatic heterocycles. The Kier molecular flexibility index (Phi) is 3.87. The van der Waals surface area contributed by atoms with Gasteiger partial charge in [-0.3, -0.25) is 0 Å². The van der Waals surface area contributed by atoms with Crippen LogP contribution in [0.3, 0.4) is 0 Å². The SMILES string of the molecule is c1cnn(-c2ccc3c(c2)COc2nc(N4CCC5(CCCNC5)C4)ccc2-3)c1. The fourth-order valence-corrected chi connectivity index (χ4v) is 5.10. The van der Waals surface area contributed by atoms with Gasteiger partial charge in [0.1, 0.15) is 12.4 Å². The molecule has 0 aliphatic carbocycles. The van der Waals surface area contributed by atoms with Gasteiger partial charge in [0, 0.05) is 43.0 Å². The highest BCUT2D eigenvalue weighted by Gasteiger charge is 2.39. The molecule has 3 aliphatic rings. The molecule has 148 valence electrons. The fourth-order valence-electron chi connectivity index (χ4n) is 5.10. The third-order valence-electron chi connectivity index (χ3n) is 6.68. The summed E-state index contributed by atoms with van der Waals surface area (Å²) in [7, 11) is 0. The average Bonchev–Trinajstić information content (AvgIpc) is 3.44. The van der Waals surface area contributed by atoms with Crippen molar-refractivity contribution in [3.8, 4) is 22.7 Å². The summed E-state index contributed by atoms with van der Waals surface area (Å²) in [6.07, 6.45) is 7.61. The predicted octanol–water partition coefficient (Wildman–Crippen LogP) is 3.41. The summed E-state index contributed by atoms with van der Waals surface area (Å²) in [4.78, 5) is 7.35. The van der Waals surface area contributed by atoms with Crippen LogP contribution in [-0.2, 0) is 6.61 Å². The maximum absolute atomic E-state index is 6.08. The van der Waals surface area contributed by atoms with Gasteiger partial charge in [0.2, 0.25) is 5.88 Å². The zero-order valence-electron chi connectivity index (χ0n) is 16.5. The molecule has 2 saturated heterocycles. The van der Waals surface area contributed by atoms with E-state index in [1.165, 1.54) is 30.4 Å². The second-order valence-corrected chi connectivity index (χ2v) is 8.55. The Hall–Kier alpha value is -2.86. The van der Waals surface area contributed by atoms with Crippen molar-refractivity contribution in [3.05, 3.63) is 54.4 Å². The van der Waals surface area contributed by atoms with Crippen LogP contribution in [0.5, 0.6) is 5.88 Å². The van der Waals surface area contributed by atoms with Crippen LogP contribution in [0.2, 0.25) is 0 Å². The normalized spacial score (nSPS) is 23.0. The van der Waals surface area contributed by atoms with E-state index in [9.17, 15) is 0 Å². The molecule has 6 rings (SSSR count). The Morgan fingerprint density at radius 3 is 2.93 bits per heavy atom. The lowest BCUT2D eigenvalue weighted by Gasteiger charge is -2.34. The molecule has 1 aromatic carbocycles. The summed E-state index contributed by atoms with van der Waals surface area (Å²) in [5.74, 6) is 1.80. The molecule has 6 heteroatoms. The van der Waals surface area contributed by atoms with E-state index in [-0.39, 0.29) is 0 Å². The van der Waals surface area contributed by atoms with E-state index in [1.54, 1.807) is 6.20 Å². The number of rotatable bonds is 2. The fraction of sp³-hybridized carbons (Fsp3) is 0.391. The first-order valence-electron chi connectivity index (χ1n) is 10.5. The molecule has 1 spiro atoms. The van der Waals surface area contributed by atoms with Crippen molar-refractivity contribution in [1.29, 1.82) is 0 Å². The van der Waals surface area contributed by atoms with Crippen molar-refractivity contribution in [1.82, 2.24) is 20.1 Å². The van der Waals surface area contributed by atoms with Crippen molar-refractivity contribution >= 4 is 5.82 Å². The third kappa shape index (κ3) is 2.90. The van der Waals surface area contributed by atoms with Gasteiger partial charge in [-0.2, -0.15) is 10.1 Å². The van der Waals surface area contributed by atoms with E-state index in [0.29, 0.717) is 12.0 Å². The lowest BCUT2D eigenvalue weighted by Crippen LogP contribution is -2.42. The summed E-state index contributed by atoms with van der Waals surface area (Å²) in [5.41, 5.74) is 4.93. The molecular weight excluding hydrogens is 362 g/mol. The Morgan fingerprint density at radius 2 is 2.07 bits per heavy atom. The monoisotopic (exact) mass is 387 g/mol. The van der Waals surface area contributed by atoms with Crippen molar-refractivity contribution in [3.63, 3.8) is 0 Å². The van der Waals surface area contributed by atoms with E-state index in [1.807, 2.05) is 16.9 Å². The first-order valence-corrected chi connectivity index (χ1v) is 10.5. The van der Waals surface area contributed by atoms with Crippen LogP contribution in [0.25, 0.3) is 16.8 Å². The number of nitrogens with one attached hydrogen (secondary N) is 1. The predicted molar refractivity (Wildman–Crippen MR) is 112 cm³/mol. The largest absolute Gasteiger partial charge is 0.472 e. The molecule has 29 heavy (non-hydrogen) atoms. The topological polar surface area (TPSA) is 55.2 Å². The quantitative estimate of drug-likeness (QED) is 0.730. The number of aromatic nitrogens is 3. The van der Waals surface area contributed by atoms with Crippen molar-refractivity contribution in [2.75, 3.05) is 31.1 Å². The zero-order chi connectivity index (χ0) is 19.3. The Balaban J connectivity index is 1.28. The van der Waals surface area contributed by atoms with E-state index in [2.05, 4.69) is 45.6 Å². The number of benzene rings is 1. The van der Waals surface area contributed by atoms with Gasteiger partial charge in [-0.15, -0.1) is 0 Å². The van der Waals surface area contributed by atoms with Crippen LogP contribution < -0.4 is 15.0 Å².